The number of hydrogen-bond donors (Lipinski definition) is 1. The van der Waals surface area contributed by atoms with Crippen molar-refractivity contribution in [3.63, 3.8) is 0 Å². The van der Waals surface area contributed by atoms with Gasteiger partial charge >= 0.3 is 0 Å². The van der Waals surface area contributed by atoms with Crippen LogP contribution in [0.3, 0.4) is 0 Å². The molecule has 1 amide bonds. The summed E-state index contributed by atoms with van der Waals surface area (Å²) in [6.07, 6.45) is 0. The lowest BCUT2D eigenvalue weighted by Gasteiger charge is -2.17. The van der Waals surface area contributed by atoms with Crippen molar-refractivity contribution in [3.8, 4) is 0 Å². The number of amides is 1. The molecular formula is C15H13ClF2N2O3S. The zero-order chi connectivity index (χ0) is 17.9. The quantitative estimate of drug-likeness (QED) is 0.875. The van der Waals surface area contributed by atoms with Crippen molar-refractivity contribution in [2.45, 2.75) is 4.90 Å². The predicted octanol–water partition coefficient (Wildman–Crippen LogP) is 2.88. The van der Waals surface area contributed by atoms with Crippen molar-refractivity contribution in [1.29, 1.82) is 0 Å². The molecule has 0 spiro atoms. The molecule has 2 rings (SSSR count). The van der Waals surface area contributed by atoms with E-state index in [0.717, 1.165) is 13.1 Å². The van der Waals surface area contributed by atoms with Gasteiger partial charge in [-0.3, -0.25) is 4.79 Å². The Labute approximate surface area is 142 Å². The van der Waals surface area contributed by atoms with Crippen LogP contribution in [0.25, 0.3) is 0 Å². The van der Waals surface area contributed by atoms with Crippen LogP contribution in [0.2, 0.25) is 5.02 Å². The maximum absolute atomic E-state index is 13.7. The van der Waals surface area contributed by atoms with Gasteiger partial charge in [-0.05, 0) is 30.3 Å². The number of likely N-dealkylation sites (N-methyl/N-ethyl adjacent to an activating group) is 1. The fourth-order valence-corrected chi connectivity index (χ4v) is 3.26. The largest absolute Gasteiger partial charge is 0.324 e. The molecule has 24 heavy (non-hydrogen) atoms. The second kappa shape index (κ2) is 7.25. The van der Waals surface area contributed by atoms with Gasteiger partial charge in [-0.1, -0.05) is 23.7 Å². The first kappa shape index (κ1) is 18.3. The van der Waals surface area contributed by atoms with E-state index in [9.17, 15) is 22.0 Å². The second-order valence-corrected chi connectivity index (χ2v) is 7.28. The summed E-state index contributed by atoms with van der Waals surface area (Å²) in [6, 6.07) is 8.48. The highest BCUT2D eigenvalue weighted by atomic mass is 35.5. The zero-order valence-corrected chi connectivity index (χ0v) is 14.0. The zero-order valence-electron chi connectivity index (χ0n) is 12.5. The van der Waals surface area contributed by atoms with Crippen LogP contribution in [-0.2, 0) is 14.8 Å². The van der Waals surface area contributed by atoms with E-state index in [4.69, 9.17) is 11.6 Å². The minimum atomic E-state index is -4.37. The van der Waals surface area contributed by atoms with E-state index in [1.165, 1.54) is 0 Å². The summed E-state index contributed by atoms with van der Waals surface area (Å²) < 4.78 is 52.0. The van der Waals surface area contributed by atoms with Crippen LogP contribution in [0, 0.1) is 11.6 Å². The molecule has 0 saturated carbocycles. The number of sulfonamides is 1. The van der Waals surface area contributed by atoms with Crippen LogP contribution >= 0.6 is 11.6 Å². The molecule has 0 saturated heterocycles. The summed E-state index contributed by atoms with van der Waals surface area (Å²) in [4.78, 5) is 11.1. The van der Waals surface area contributed by atoms with Gasteiger partial charge in [0.05, 0.1) is 17.3 Å². The maximum atomic E-state index is 13.7. The van der Waals surface area contributed by atoms with Gasteiger partial charge in [0.25, 0.3) is 0 Å². The topological polar surface area (TPSA) is 66.5 Å². The normalized spacial score (nSPS) is 11.5. The number of anilines is 1. The summed E-state index contributed by atoms with van der Waals surface area (Å²) in [5, 5.41) is 2.73. The van der Waals surface area contributed by atoms with E-state index in [-0.39, 0.29) is 5.02 Å². The van der Waals surface area contributed by atoms with Crippen LogP contribution in [0.4, 0.5) is 14.5 Å². The van der Waals surface area contributed by atoms with Crippen LogP contribution in [0.5, 0.6) is 0 Å². The summed E-state index contributed by atoms with van der Waals surface area (Å²) >= 11 is 5.89. The third-order valence-electron chi connectivity index (χ3n) is 3.10. The number of carbonyl (C=O) groups excluding carboxylic acids is 1. The smallest absolute Gasteiger partial charge is 0.246 e. The standard InChI is InChI=1S/C15H13ClF2N2O3S/c1-20(9-15(21)19-13-5-3-2-4-11(13)16)24(22,23)14-8-10(17)6-7-12(14)18/h2-8H,9H2,1H3,(H,19,21). The second-order valence-electron chi connectivity index (χ2n) is 4.86. The van der Waals surface area contributed by atoms with Gasteiger partial charge in [-0.25, -0.2) is 17.2 Å². The van der Waals surface area contributed by atoms with Crippen molar-refractivity contribution < 1.29 is 22.0 Å². The highest BCUT2D eigenvalue weighted by Crippen LogP contribution is 2.21. The average Bonchev–Trinajstić information content (AvgIpc) is 2.51. The maximum Gasteiger partial charge on any atom is 0.246 e. The Morgan fingerprint density at radius 1 is 1.21 bits per heavy atom. The molecule has 128 valence electrons. The molecule has 0 bridgehead atoms. The molecule has 0 aromatic heterocycles. The summed E-state index contributed by atoms with van der Waals surface area (Å²) in [5.41, 5.74) is 0.312. The molecular weight excluding hydrogens is 362 g/mol. The van der Waals surface area contributed by atoms with E-state index in [0.29, 0.717) is 22.1 Å². The number of nitrogens with one attached hydrogen (secondary N) is 1. The molecule has 9 heteroatoms. The van der Waals surface area contributed by atoms with Crippen molar-refractivity contribution in [1.82, 2.24) is 4.31 Å². The van der Waals surface area contributed by atoms with Crippen LogP contribution in [0.1, 0.15) is 0 Å². The van der Waals surface area contributed by atoms with Crippen molar-refractivity contribution in [3.05, 3.63) is 59.1 Å². The fourth-order valence-electron chi connectivity index (χ4n) is 1.88. The number of halogens is 3. The molecule has 2 aromatic carbocycles. The molecule has 0 unspecified atom stereocenters. The van der Waals surface area contributed by atoms with Crippen LogP contribution in [0.15, 0.2) is 47.4 Å². The van der Waals surface area contributed by atoms with E-state index in [1.54, 1.807) is 24.3 Å². The number of para-hydroxylation sites is 1. The molecule has 0 fully saturated rings. The van der Waals surface area contributed by atoms with E-state index in [1.807, 2.05) is 0 Å². The van der Waals surface area contributed by atoms with Crippen molar-refractivity contribution in [2.24, 2.45) is 0 Å². The third kappa shape index (κ3) is 4.08. The first-order chi connectivity index (χ1) is 11.2. The lowest BCUT2D eigenvalue weighted by molar-refractivity contribution is -0.116. The molecule has 0 radical (unpaired) electrons. The fraction of sp³-hybridized carbons (Fsp3) is 0.133. The van der Waals surface area contributed by atoms with Gasteiger partial charge in [-0.15, -0.1) is 0 Å². The number of rotatable bonds is 5. The Bertz CT molecular complexity index is 875. The van der Waals surface area contributed by atoms with Gasteiger partial charge in [0.15, 0.2) is 0 Å². The predicted molar refractivity (Wildman–Crippen MR) is 86.3 cm³/mol. The Morgan fingerprint density at radius 2 is 1.88 bits per heavy atom. The van der Waals surface area contributed by atoms with Gasteiger partial charge < -0.3 is 5.32 Å². The van der Waals surface area contributed by atoms with E-state index >= 15 is 0 Å². The van der Waals surface area contributed by atoms with E-state index < -0.39 is 39.0 Å². The minimum absolute atomic E-state index is 0.285. The SMILES string of the molecule is CN(CC(=O)Nc1ccccc1Cl)S(=O)(=O)c1cc(F)ccc1F. The lowest BCUT2D eigenvalue weighted by atomic mass is 10.3. The Kier molecular flexibility index (Phi) is 5.53. The molecule has 0 aliphatic carbocycles. The average molecular weight is 375 g/mol. The lowest BCUT2D eigenvalue weighted by Crippen LogP contribution is -2.35. The minimum Gasteiger partial charge on any atom is -0.324 e. The summed E-state index contributed by atoms with van der Waals surface area (Å²) in [6.45, 7) is -0.594. The van der Waals surface area contributed by atoms with Gasteiger partial charge in [0.2, 0.25) is 15.9 Å². The molecule has 0 atom stereocenters. The first-order valence-corrected chi connectivity index (χ1v) is 8.49. The van der Waals surface area contributed by atoms with Crippen molar-refractivity contribution >= 4 is 33.2 Å². The number of hydrogen-bond acceptors (Lipinski definition) is 3. The van der Waals surface area contributed by atoms with Crippen LogP contribution < -0.4 is 5.32 Å². The molecule has 0 aliphatic rings. The molecule has 5 nitrogen and oxygen atoms in total. The third-order valence-corrected chi connectivity index (χ3v) is 5.24. The molecule has 0 aliphatic heterocycles. The highest BCUT2D eigenvalue weighted by Gasteiger charge is 2.26. The van der Waals surface area contributed by atoms with Crippen molar-refractivity contribution in [2.75, 3.05) is 18.9 Å². The molecule has 1 N–H and O–H groups in total. The van der Waals surface area contributed by atoms with Gasteiger partial charge in [-0.2, -0.15) is 4.31 Å². The Hall–Kier alpha value is -2.03. The number of nitrogens with zero attached hydrogens (tertiary/aromatic N) is 1. The van der Waals surface area contributed by atoms with Gasteiger partial charge in [0.1, 0.15) is 16.5 Å². The highest BCUT2D eigenvalue weighted by molar-refractivity contribution is 7.89. The van der Waals surface area contributed by atoms with E-state index in [2.05, 4.69) is 5.32 Å². The van der Waals surface area contributed by atoms with Gasteiger partial charge in [0, 0.05) is 7.05 Å². The molecule has 0 heterocycles. The monoisotopic (exact) mass is 374 g/mol. The summed E-state index contributed by atoms with van der Waals surface area (Å²) in [5.74, 6) is -2.68. The Morgan fingerprint density at radius 3 is 2.54 bits per heavy atom. The molecule has 2 aromatic rings. The summed E-state index contributed by atoms with van der Waals surface area (Å²) in [7, 11) is -3.28. The van der Waals surface area contributed by atoms with Crippen LogP contribution in [-0.4, -0.2) is 32.2 Å². The Balaban J connectivity index is 2.16. The first-order valence-electron chi connectivity index (χ1n) is 6.67. The number of benzene rings is 2. The number of carbonyl (C=O) groups is 1.